The van der Waals surface area contributed by atoms with Crippen molar-refractivity contribution in [3.8, 4) is 5.75 Å². The Morgan fingerprint density at radius 1 is 1.00 bits per heavy atom. The molecule has 0 spiro atoms. The third-order valence-electron chi connectivity index (χ3n) is 3.04. The van der Waals surface area contributed by atoms with Crippen LogP contribution in [-0.4, -0.2) is 5.11 Å². The molecule has 0 radical (unpaired) electrons. The van der Waals surface area contributed by atoms with Crippen LogP contribution in [0.5, 0.6) is 5.75 Å². The predicted octanol–water partition coefficient (Wildman–Crippen LogP) is 3.91. The maximum Gasteiger partial charge on any atom is 0.142 e. The molecule has 80 valence electrons. The fourth-order valence-corrected chi connectivity index (χ4v) is 2.21. The minimum Gasteiger partial charge on any atom is -0.507 e. The summed E-state index contributed by atoms with van der Waals surface area (Å²) in [7, 11) is 0. The summed E-state index contributed by atoms with van der Waals surface area (Å²) in [6.45, 7) is 3.84. The molecule has 2 nitrogen and oxygen atoms in total. The third-order valence-corrected chi connectivity index (χ3v) is 3.04. The molecule has 3 aromatic rings. The van der Waals surface area contributed by atoms with Gasteiger partial charge in [-0.05, 0) is 19.9 Å². The van der Waals surface area contributed by atoms with Crippen LogP contribution in [0.1, 0.15) is 11.3 Å². The lowest BCUT2D eigenvalue weighted by molar-refractivity contribution is 0.478. The number of hydrogen-bond acceptors (Lipinski definition) is 2. The summed E-state index contributed by atoms with van der Waals surface area (Å²) in [5.74, 6) is 1.22. The molecular formula is C14H12O2. The van der Waals surface area contributed by atoms with E-state index in [0.717, 1.165) is 33.1 Å². The number of aromatic hydroxyl groups is 1. The van der Waals surface area contributed by atoms with Gasteiger partial charge in [-0.3, -0.25) is 0 Å². The second-order valence-electron chi connectivity index (χ2n) is 4.12. The highest BCUT2D eigenvalue weighted by atomic mass is 16.3. The van der Waals surface area contributed by atoms with Crippen LogP contribution in [-0.2, 0) is 0 Å². The lowest BCUT2D eigenvalue weighted by Crippen LogP contribution is -1.80. The van der Waals surface area contributed by atoms with E-state index in [-0.39, 0.29) is 0 Å². The van der Waals surface area contributed by atoms with Gasteiger partial charge in [0.2, 0.25) is 0 Å². The topological polar surface area (TPSA) is 33.4 Å². The SMILES string of the molecule is Cc1cc2c(C)c(O)c3ccccc3c2o1. The van der Waals surface area contributed by atoms with E-state index < -0.39 is 0 Å². The van der Waals surface area contributed by atoms with Crippen molar-refractivity contribution < 1.29 is 9.52 Å². The van der Waals surface area contributed by atoms with Gasteiger partial charge >= 0.3 is 0 Å². The molecule has 2 heteroatoms. The van der Waals surface area contributed by atoms with Gasteiger partial charge in [0.05, 0.1) is 0 Å². The molecule has 0 saturated heterocycles. The van der Waals surface area contributed by atoms with Crippen molar-refractivity contribution in [3.05, 3.63) is 41.7 Å². The average Bonchev–Trinajstić information content (AvgIpc) is 2.68. The zero-order chi connectivity index (χ0) is 11.3. The highest BCUT2D eigenvalue weighted by Crippen LogP contribution is 2.37. The number of phenolic OH excluding ortho intramolecular Hbond substituents is 1. The molecule has 0 aliphatic rings. The number of phenols is 1. The van der Waals surface area contributed by atoms with Gasteiger partial charge < -0.3 is 9.52 Å². The molecule has 0 aliphatic heterocycles. The van der Waals surface area contributed by atoms with Crippen LogP contribution >= 0.6 is 0 Å². The summed E-state index contributed by atoms with van der Waals surface area (Å²) in [4.78, 5) is 0. The smallest absolute Gasteiger partial charge is 0.142 e. The lowest BCUT2D eigenvalue weighted by Gasteiger charge is -2.05. The van der Waals surface area contributed by atoms with E-state index in [4.69, 9.17) is 4.42 Å². The number of rotatable bonds is 0. The normalized spacial score (nSPS) is 11.4. The predicted molar refractivity (Wildman–Crippen MR) is 64.9 cm³/mol. The van der Waals surface area contributed by atoms with Crippen molar-refractivity contribution in [1.29, 1.82) is 0 Å². The quantitative estimate of drug-likeness (QED) is 0.613. The fourth-order valence-electron chi connectivity index (χ4n) is 2.21. The van der Waals surface area contributed by atoms with Crippen molar-refractivity contribution in [1.82, 2.24) is 0 Å². The first-order valence-electron chi connectivity index (χ1n) is 5.29. The molecule has 0 saturated carbocycles. The van der Waals surface area contributed by atoms with Crippen molar-refractivity contribution >= 4 is 21.7 Å². The van der Waals surface area contributed by atoms with Crippen LogP contribution in [0, 0.1) is 13.8 Å². The first-order valence-corrected chi connectivity index (χ1v) is 5.29. The van der Waals surface area contributed by atoms with E-state index in [9.17, 15) is 5.11 Å². The molecule has 0 unspecified atom stereocenters. The van der Waals surface area contributed by atoms with Crippen LogP contribution in [0.3, 0.4) is 0 Å². The molecule has 0 amide bonds. The van der Waals surface area contributed by atoms with E-state index in [2.05, 4.69) is 0 Å². The van der Waals surface area contributed by atoms with Crippen LogP contribution in [0.15, 0.2) is 34.7 Å². The molecule has 0 fully saturated rings. The van der Waals surface area contributed by atoms with Gasteiger partial charge in [-0.25, -0.2) is 0 Å². The molecule has 3 rings (SSSR count). The monoisotopic (exact) mass is 212 g/mol. The van der Waals surface area contributed by atoms with Gasteiger partial charge in [0.25, 0.3) is 0 Å². The number of benzene rings is 2. The van der Waals surface area contributed by atoms with Crippen LogP contribution in [0.2, 0.25) is 0 Å². The summed E-state index contributed by atoms with van der Waals surface area (Å²) in [6.07, 6.45) is 0. The van der Waals surface area contributed by atoms with E-state index in [1.54, 1.807) is 0 Å². The van der Waals surface area contributed by atoms with Crippen molar-refractivity contribution in [3.63, 3.8) is 0 Å². The number of furan rings is 1. The van der Waals surface area contributed by atoms with Gasteiger partial charge in [-0.15, -0.1) is 0 Å². The lowest BCUT2D eigenvalue weighted by atomic mass is 10.0. The Morgan fingerprint density at radius 2 is 1.69 bits per heavy atom. The van der Waals surface area contributed by atoms with Crippen LogP contribution in [0.25, 0.3) is 21.7 Å². The maximum absolute atomic E-state index is 10.1. The van der Waals surface area contributed by atoms with Crippen LogP contribution < -0.4 is 0 Å². The Balaban J connectivity index is 2.67. The summed E-state index contributed by atoms with van der Waals surface area (Å²) in [5.41, 5.74) is 1.74. The van der Waals surface area contributed by atoms with Gasteiger partial charge in [0.15, 0.2) is 0 Å². The highest BCUT2D eigenvalue weighted by molar-refractivity contribution is 6.09. The van der Waals surface area contributed by atoms with E-state index in [1.807, 2.05) is 44.2 Å². The first-order chi connectivity index (χ1) is 7.68. The highest BCUT2D eigenvalue weighted by Gasteiger charge is 2.13. The zero-order valence-corrected chi connectivity index (χ0v) is 9.24. The van der Waals surface area contributed by atoms with Crippen molar-refractivity contribution in [2.75, 3.05) is 0 Å². The molecule has 0 atom stereocenters. The Bertz CT molecular complexity index is 693. The second kappa shape index (κ2) is 3.01. The van der Waals surface area contributed by atoms with Crippen molar-refractivity contribution in [2.45, 2.75) is 13.8 Å². The largest absolute Gasteiger partial charge is 0.507 e. The Labute approximate surface area is 93.1 Å². The van der Waals surface area contributed by atoms with Gasteiger partial charge in [-0.1, -0.05) is 24.3 Å². The number of hydrogen-bond donors (Lipinski definition) is 1. The van der Waals surface area contributed by atoms with E-state index in [1.165, 1.54) is 0 Å². The van der Waals surface area contributed by atoms with Crippen molar-refractivity contribution in [2.24, 2.45) is 0 Å². The minimum absolute atomic E-state index is 0.351. The molecule has 0 bridgehead atoms. The molecule has 1 heterocycles. The fraction of sp³-hybridized carbons (Fsp3) is 0.143. The number of fused-ring (bicyclic) bond motifs is 3. The molecule has 1 N–H and O–H groups in total. The Morgan fingerprint density at radius 3 is 2.44 bits per heavy atom. The van der Waals surface area contributed by atoms with E-state index >= 15 is 0 Å². The summed E-state index contributed by atoms with van der Waals surface area (Å²) < 4.78 is 5.71. The second-order valence-corrected chi connectivity index (χ2v) is 4.12. The molecule has 1 aromatic heterocycles. The summed E-state index contributed by atoms with van der Waals surface area (Å²) >= 11 is 0. The van der Waals surface area contributed by atoms with Gasteiger partial charge in [0, 0.05) is 21.7 Å². The molecule has 0 aliphatic carbocycles. The minimum atomic E-state index is 0.351. The molecule has 2 aromatic carbocycles. The third kappa shape index (κ3) is 1.07. The maximum atomic E-state index is 10.1. The summed E-state index contributed by atoms with van der Waals surface area (Å²) in [6, 6.07) is 9.73. The Kier molecular flexibility index (Phi) is 1.75. The average molecular weight is 212 g/mol. The first kappa shape index (κ1) is 9.28. The zero-order valence-electron chi connectivity index (χ0n) is 9.24. The van der Waals surface area contributed by atoms with Gasteiger partial charge in [0.1, 0.15) is 17.1 Å². The summed E-state index contributed by atoms with van der Waals surface area (Å²) in [5, 5.41) is 12.9. The van der Waals surface area contributed by atoms with Crippen LogP contribution in [0.4, 0.5) is 0 Å². The number of aryl methyl sites for hydroxylation is 2. The van der Waals surface area contributed by atoms with E-state index in [0.29, 0.717) is 5.75 Å². The standard InChI is InChI=1S/C14H12O2/c1-8-7-12-9(2)13(15)10-5-3-4-6-11(10)14(12)16-8/h3-7,15H,1-2H3. The Hall–Kier alpha value is -1.96. The van der Waals surface area contributed by atoms with Gasteiger partial charge in [-0.2, -0.15) is 0 Å². The molecular weight excluding hydrogens is 200 g/mol. The molecule has 16 heavy (non-hydrogen) atoms.